The van der Waals surface area contributed by atoms with Crippen molar-refractivity contribution in [3.8, 4) is 0 Å². The van der Waals surface area contributed by atoms with E-state index in [0.717, 1.165) is 6.07 Å². The van der Waals surface area contributed by atoms with Crippen LogP contribution < -0.4 is 5.32 Å². The average molecular weight is 314 g/mol. The standard InChI is InChI=1S/C15H17F3N2O2/c1-4-9-20(11(3)21)10(2)14(22)19-13-8-6-5-7-12(13)15(16,17)18/h4-8,10H,1,9H2,2-3H3,(H,19,22). The first kappa shape index (κ1) is 17.7. The van der Waals surface area contributed by atoms with Gasteiger partial charge in [-0.15, -0.1) is 6.58 Å². The van der Waals surface area contributed by atoms with Gasteiger partial charge in [0.1, 0.15) is 6.04 Å². The van der Waals surface area contributed by atoms with Gasteiger partial charge in [0.15, 0.2) is 0 Å². The van der Waals surface area contributed by atoms with Gasteiger partial charge in [-0.25, -0.2) is 0 Å². The molecule has 0 aromatic heterocycles. The molecule has 0 radical (unpaired) electrons. The zero-order valence-electron chi connectivity index (χ0n) is 12.3. The fourth-order valence-electron chi connectivity index (χ4n) is 1.92. The number of halogens is 3. The Morgan fingerprint density at radius 2 is 1.95 bits per heavy atom. The summed E-state index contributed by atoms with van der Waals surface area (Å²) < 4.78 is 38.6. The summed E-state index contributed by atoms with van der Waals surface area (Å²) in [5.41, 5.74) is -1.28. The second-order valence-electron chi connectivity index (χ2n) is 4.67. The molecule has 1 aromatic rings. The van der Waals surface area contributed by atoms with Crippen LogP contribution in [0.15, 0.2) is 36.9 Å². The molecule has 0 saturated carbocycles. The Labute approximate surface area is 126 Å². The normalized spacial score (nSPS) is 12.4. The van der Waals surface area contributed by atoms with E-state index < -0.39 is 23.7 Å². The molecule has 0 aliphatic heterocycles. The van der Waals surface area contributed by atoms with E-state index >= 15 is 0 Å². The first-order chi connectivity index (χ1) is 10.2. The average Bonchev–Trinajstić information content (AvgIpc) is 2.43. The summed E-state index contributed by atoms with van der Waals surface area (Å²) in [5.74, 6) is -1.07. The van der Waals surface area contributed by atoms with E-state index in [0.29, 0.717) is 0 Å². The number of amides is 2. The van der Waals surface area contributed by atoms with E-state index in [-0.39, 0.29) is 18.1 Å². The molecule has 2 amide bonds. The van der Waals surface area contributed by atoms with Gasteiger partial charge in [-0.1, -0.05) is 18.2 Å². The molecule has 1 unspecified atom stereocenters. The molecular formula is C15H17F3N2O2. The van der Waals surface area contributed by atoms with Crippen molar-refractivity contribution >= 4 is 17.5 Å². The summed E-state index contributed by atoms with van der Waals surface area (Å²) in [7, 11) is 0. The van der Waals surface area contributed by atoms with Gasteiger partial charge >= 0.3 is 6.18 Å². The fourth-order valence-corrected chi connectivity index (χ4v) is 1.92. The molecular weight excluding hydrogens is 297 g/mol. The summed E-state index contributed by atoms with van der Waals surface area (Å²) in [5, 5.41) is 2.22. The van der Waals surface area contributed by atoms with E-state index in [1.807, 2.05) is 0 Å². The maximum Gasteiger partial charge on any atom is 0.418 e. The van der Waals surface area contributed by atoms with Gasteiger partial charge in [0.25, 0.3) is 0 Å². The monoisotopic (exact) mass is 314 g/mol. The number of alkyl halides is 3. The van der Waals surface area contributed by atoms with E-state index in [2.05, 4.69) is 11.9 Å². The molecule has 0 aliphatic carbocycles. The van der Waals surface area contributed by atoms with Crippen LogP contribution in [0.25, 0.3) is 0 Å². The zero-order valence-corrected chi connectivity index (χ0v) is 12.3. The molecule has 4 nitrogen and oxygen atoms in total. The number of nitrogens with zero attached hydrogens (tertiary/aromatic N) is 1. The summed E-state index contributed by atoms with van der Waals surface area (Å²) in [4.78, 5) is 24.8. The highest BCUT2D eigenvalue weighted by Gasteiger charge is 2.34. The summed E-state index contributed by atoms with van der Waals surface area (Å²) in [6, 6.07) is 3.76. The van der Waals surface area contributed by atoms with Crippen molar-refractivity contribution < 1.29 is 22.8 Å². The SMILES string of the molecule is C=CCN(C(C)=O)C(C)C(=O)Nc1ccccc1C(F)(F)F. The van der Waals surface area contributed by atoms with E-state index in [4.69, 9.17) is 0 Å². The molecule has 1 N–H and O–H groups in total. The Kier molecular flexibility index (Phi) is 5.73. The van der Waals surface area contributed by atoms with Gasteiger partial charge in [-0.2, -0.15) is 13.2 Å². The van der Waals surface area contributed by atoms with Crippen LogP contribution in [-0.2, 0) is 15.8 Å². The maximum atomic E-state index is 12.9. The van der Waals surface area contributed by atoms with Crippen LogP contribution in [0.1, 0.15) is 19.4 Å². The predicted octanol–water partition coefficient (Wildman–Crippen LogP) is 3.07. The van der Waals surface area contributed by atoms with Crippen LogP contribution in [0.5, 0.6) is 0 Å². The number of carbonyl (C=O) groups is 2. The summed E-state index contributed by atoms with van der Waals surface area (Å²) in [6.45, 7) is 6.33. The third-order valence-electron chi connectivity index (χ3n) is 3.07. The number of hydrogen-bond donors (Lipinski definition) is 1. The molecule has 0 fully saturated rings. The Balaban J connectivity index is 2.98. The minimum absolute atomic E-state index is 0.130. The topological polar surface area (TPSA) is 49.4 Å². The predicted molar refractivity (Wildman–Crippen MR) is 77.1 cm³/mol. The van der Waals surface area contributed by atoms with E-state index in [9.17, 15) is 22.8 Å². The quantitative estimate of drug-likeness (QED) is 0.849. The number of carbonyl (C=O) groups excluding carboxylic acids is 2. The van der Waals surface area contributed by atoms with Crippen molar-refractivity contribution in [3.05, 3.63) is 42.5 Å². The molecule has 22 heavy (non-hydrogen) atoms. The van der Waals surface area contributed by atoms with Crippen molar-refractivity contribution in [3.63, 3.8) is 0 Å². The highest BCUT2D eigenvalue weighted by atomic mass is 19.4. The second kappa shape index (κ2) is 7.11. The van der Waals surface area contributed by atoms with Gasteiger partial charge in [0.2, 0.25) is 11.8 Å². The largest absolute Gasteiger partial charge is 0.418 e. The number of anilines is 1. The van der Waals surface area contributed by atoms with Gasteiger partial charge in [-0.05, 0) is 19.1 Å². The Bertz CT molecular complexity index is 570. The first-order valence-electron chi connectivity index (χ1n) is 6.53. The van der Waals surface area contributed by atoms with E-state index in [1.165, 1.54) is 43.0 Å². The van der Waals surface area contributed by atoms with Crippen LogP contribution in [-0.4, -0.2) is 29.3 Å². The van der Waals surface area contributed by atoms with Gasteiger partial charge in [-0.3, -0.25) is 9.59 Å². The van der Waals surface area contributed by atoms with Crippen LogP contribution >= 0.6 is 0 Å². The molecule has 120 valence electrons. The Morgan fingerprint density at radius 1 is 1.36 bits per heavy atom. The molecule has 0 aliphatic rings. The van der Waals surface area contributed by atoms with Crippen LogP contribution in [0.2, 0.25) is 0 Å². The molecule has 1 aromatic carbocycles. The molecule has 1 atom stereocenters. The lowest BCUT2D eigenvalue weighted by atomic mass is 10.1. The molecule has 0 bridgehead atoms. The molecule has 0 saturated heterocycles. The molecule has 0 spiro atoms. The van der Waals surface area contributed by atoms with Crippen LogP contribution in [0, 0.1) is 0 Å². The van der Waals surface area contributed by atoms with Crippen molar-refractivity contribution in [1.82, 2.24) is 4.90 Å². The first-order valence-corrected chi connectivity index (χ1v) is 6.53. The number of para-hydroxylation sites is 1. The second-order valence-corrected chi connectivity index (χ2v) is 4.67. The van der Waals surface area contributed by atoms with Crippen molar-refractivity contribution in [2.75, 3.05) is 11.9 Å². The minimum Gasteiger partial charge on any atom is -0.327 e. The summed E-state index contributed by atoms with van der Waals surface area (Å²) in [6.07, 6.45) is -3.14. The minimum atomic E-state index is -4.57. The van der Waals surface area contributed by atoms with Gasteiger partial charge in [0, 0.05) is 13.5 Å². The number of nitrogens with one attached hydrogen (secondary N) is 1. The number of benzene rings is 1. The third kappa shape index (κ3) is 4.34. The van der Waals surface area contributed by atoms with Crippen LogP contribution in [0.4, 0.5) is 18.9 Å². The maximum absolute atomic E-state index is 12.9. The highest BCUT2D eigenvalue weighted by molar-refractivity contribution is 5.97. The Hall–Kier alpha value is -2.31. The van der Waals surface area contributed by atoms with Gasteiger partial charge in [0.05, 0.1) is 11.3 Å². The summed E-state index contributed by atoms with van der Waals surface area (Å²) >= 11 is 0. The number of rotatable bonds is 5. The molecule has 0 heterocycles. The van der Waals surface area contributed by atoms with Gasteiger partial charge < -0.3 is 10.2 Å². The fraction of sp³-hybridized carbons (Fsp3) is 0.333. The smallest absolute Gasteiger partial charge is 0.327 e. The zero-order chi connectivity index (χ0) is 16.9. The Morgan fingerprint density at radius 3 is 2.45 bits per heavy atom. The van der Waals surface area contributed by atoms with Crippen molar-refractivity contribution in [2.45, 2.75) is 26.1 Å². The molecule has 1 rings (SSSR count). The van der Waals surface area contributed by atoms with Crippen molar-refractivity contribution in [1.29, 1.82) is 0 Å². The lowest BCUT2D eigenvalue weighted by molar-refractivity contribution is -0.137. The molecule has 7 heteroatoms. The van der Waals surface area contributed by atoms with E-state index in [1.54, 1.807) is 0 Å². The lowest BCUT2D eigenvalue weighted by Gasteiger charge is -2.26. The van der Waals surface area contributed by atoms with Crippen molar-refractivity contribution in [2.24, 2.45) is 0 Å². The highest BCUT2D eigenvalue weighted by Crippen LogP contribution is 2.34. The lowest BCUT2D eigenvalue weighted by Crippen LogP contribution is -2.44. The number of hydrogen-bond acceptors (Lipinski definition) is 2. The van der Waals surface area contributed by atoms with Crippen LogP contribution in [0.3, 0.4) is 0 Å². The third-order valence-corrected chi connectivity index (χ3v) is 3.07.